The van der Waals surface area contributed by atoms with Gasteiger partial charge < -0.3 is 9.84 Å². The highest BCUT2D eigenvalue weighted by Gasteiger charge is 1.92. The molecule has 0 radical (unpaired) electrons. The Morgan fingerprint density at radius 1 is 0.909 bits per heavy atom. The van der Waals surface area contributed by atoms with Crippen molar-refractivity contribution in [2.45, 2.75) is 0 Å². The van der Waals surface area contributed by atoms with Crippen LogP contribution in [-0.2, 0) is 0 Å². The molecule has 0 aromatic heterocycles. The molecule has 0 bridgehead atoms. The summed E-state index contributed by atoms with van der Waals surface area (Å²) in [5, 5.41) is 8.74. The van der Waals surface area contributed by atoms with Crippen LogP contribution in [0.3, 0.4) is 0 Å². The number of hydrogen-bond acceptors (Lipinski definition) is 4. The first-order valence-electron chi connectivity index (χ1n) is 6.37. The Kier molecular flexibility index (Phi) is 8.30. The maximum Gasteiger partial charge on any atom is 0.150 e. The van der Waals surface area contributed by atoms with Gasteiger partial charge in [0.1, 0.15) is 30.7 Å². The second-order valence-electron chi connectivity index (χ2n) is 4.07. The molecule has 2 aromatic rings. The predicted octanol–water partition coefficient (Wildman–Crippen LogP) is 3.99. The van der Waals surface area contributed by atoms with E-state index >= 15 is 0 Å². The molecule has 2 rings (SSSR count). The smallest absolute Gasteiger partial charge is 0.150 e. The molecule has 5 heteroatoms. The van der Waals surface area contributed by atoms with Gasteiger partial charge in [0.05, 0.1) is 0 Å². The second kappa shape index (κ2) is 10.3. The lowest BCUT2D eigenvalue weighted by molar-refractivity contribution is 0.111. The van der Waals surface area contributed by atoms with E-state index in [-0.39, 0.29) is 5.75 Å². The normalized spacial score (nSPS) is 9.68. The Hall–Kier alpha value is -2.40. The molecule has 0 atom stereocenters. The molecule has 0 saturated heterocycles. The fraction of sp³-hybridized carbons (Fsp3) is 0.0588. The predicted molar refractivity (Wildman–Crippen MR) is 88.9 cm³/mol. The first-order chi connectivity index (χ1) is 10.7. The van der Waals surface area contributed by atoms with Gasteiger partial charge >= 0.3 is 0 Å². The molecule has 4 nitrogen and oxygen atoms in total. The van der Waals surface area contributed by atoms with Crippen molar-refractivity contribution in [1.29, 1.82) is 0 Å². The van der Waals surface area contributed by atoms with E-state index in [1.54, 1.807) is 41.4 Å². The number of phenolic OH excluding ortho intramolecular Hbond substituents is 1. The Morgan fingerprint density at radius 3 is 1.86 bits per heavy atom. The van der Waals surface area contributed by atoms with E-state index in [1.807, 2.05) is 6.08 Å². The number of ether oxygens (including phenoxy) is 1. The van der Waals surface area contributed by atoms with E-state index in [0.29, 0.717) is 17.7 Å². The molecule has 0 heterocycles. The fourth-order valence-corrected chi connectivity index (χ4v) is 1.53. The maximum atomic E-state index is 10.3. The largest absolute Gasteiger partial charge is 0.508 e. The number of rotatable bonds is 5. The monoisotopic (exact) mass is 362 g/mol. The molecular weight excluding hydrogens is 348 g/mol. The molecule has 0 saturated carbocycles. The molecule has 114 valence electrons. The summed E-state index contributed by atoms with van der Waals surface area (Å²) in [7, 11) is 0. The van der Waals surface area contributed by atoms with Crippen molar-refractivity contribution in [3.05, 3.63) is 70.7 Å². The number of carbonyl (C=O) groups excluding carboxylic acids is 2. The number of aromatic hydroxyl groups is 1. The van der Waals surface area contributed by atoms with Crippen molar-refractivity contribution in [2.75, 3.05) is 6.61 Å². The lowest BCUT2D eigenvalue weighted by Gasteiger charge is -2.01. The number of carbonyl (C=O) groups is 2. The Morgan fingerprint density at radius 2 is 1.41 bits per heavy atom. The molecule has 2 aromatic carbocycles. The van der Waals surface area contributed by atoms with Gasteiger partial charge in [-0.1, -0.05) is 15.9 Å². The van der Waals surface area contributed by atoms with E-state index in [2.05, 4.69) is 15.9 Å². The van der Waals surface area contributed by atoms with Crippen LogP contribution in [-0.4, -0.2) is 24.3 Å². The van der Waals surface area contributed by atoms with Gasteiger partial charge in [-0.3, -0.25) is 9.59 Å². The SMILES string of the molecule is O=Cc1ccc(O)cc1.O=Cc1ccc(OCC=CBr)cc1. The van der Waals surface area contributed by atoms with E-state index in [9.17, 15) is 9.59 Å². The summed E-state index contributed by atoms with van der Waals surface area (Å²) >= 11 is 3.14. The van der Waals surface area contributed by atoms with E-state index in [0.717, 1.165) is 18.3 Å². The lowest BCUT2D eigenvalue weighted by Crippen LogP contribution is -1.92. The molecule has 0 aliphatic heterocycles. The Bertz CT molecular complexity index is 604. The molecular formula is C17H15BrO4. The topological polar surface area (TPSA) is 63.6 Å². The molecule has 0 unspecified atom stereocenters. The summed E-state index contributed by atoms with van der Waals surface area (Å²) in [6.07, 6.45) is 3.38. The van der Waals surface area contributed by atoms with Gasteiger partial charge in [-0.15, -0.1) is 0 Å². The number of halogens is 1. The van der Waals surface area contributed by atoms with Crippen LogP contribution in [0.4, 0.5) is 0 Å². The first-order valence-corrected chi connectivity index (χ1v) is 7.28. The molecule has 0 fully saturated rings. The van der Waals surface area contributed by atoms with E-state index in [4.69, 9.17) is 9.84 Å². The standard InChI is InChI=1S/C10H9BrO2.C7H6O2/c11-6-1-7-13-10-4-2-9(8-12)3-5-10;8-5-6-1-3-7(9)4-2-6/h1-6,8H,7H2;1-5,9H. The summed E-state index contributed by atoms with van der Waals surface area (Å²) in [4.78, 5) is 22.1. The third-order valence-electron chi connectivity index (χ3n) is 2.48. The summed E-state index contributed by atoms with van der Waals surface area (Å²) in [5.41, 5.74) is 1.23. The Balaban J connectivity index is 0.000000235. The van der Waals surface area contributed by atoms with Gasteiger partial charge in [0.25, 0.3) is 0 Å². The number of hydrogen-bond donors (Lipinski definition) is 1. The maximum absolute atomic E-state index is 10.3. The Labute approximate surface area is 137 Å². The highest BCUT2D eigenvalue weighted by Crippen LogP contribution is 2.10. The second-order valence-corrected chi connectivity index (χ2v) is 4.60. The van der Waals surface area contributed by atoms with Gasteiger partial charge in [-0.25, -0.2) is 0 Å². The van der Waals surface area contributed by atoms with Gasteiger partial charge in [0.15, 0.2) is 0 Å². The van der Waals surface area contributed by atoms with Crippen molar-refractivity contribution in [1.82, 2.24) is 0 Å². The van der Waals surface area contributed by atoms with Crippen molar-refractivity contribution >= 4 is 28.5 Å². The first kappa shape index (κ1) is 17.7. The van der Waals surface area contributed by atoms with Gasteiger partial charge in [-0.05, 0) is 59.6 Å². The third kappa shape index (κ3) is 6.85. The van der Waals surface area contributed by atoms with Crippen LogP contribution >= 0.6 is 15.9 Å². The van der Waals surface area contributed by atoms with Crippen LogP contribution in [0.2, 0.25) is 0 Å². The van der Waals surface area contributed by atoms with Crippen molar-refractivity contribution < 1.29 is 19.4 Å². The number of benzene rings is 2. The van der Waals surface area contributed by atoms with Gasteiger partial charge in [0.2, 0.25) is 0 Å². The van der Waals surface area contributed by atoms with Crippen LogP contribution in [0.1, 0.15) is 20.7 Å². The zero-order valence-corrected chi connectivity index (χ0v) is 13.3. The van der Waals surface area contributed by atoms with Crippen LogP contribution in [0.5, 0.6) is 11.5 Å². The molecule has 0 aliphatic rings. The molecule has 0 spiro atoms. The van der Waals surface area contributed by atoms with Crippen LogP contribution in [0, 0.1) is 0 Å². The summed E-state index contributed by atoms with van der Waals surface area (Å²) < 4.78 is 5.31. The molecule has 0 amide bonds. The van der Waals surface area contributed by atoms with Crippen LogP contribution < -0.4 is 4.74 Å². The van der Waals surface area contributed by atoms with Crippen LogP contribution in [0.25, 0.3) is 0 Å². The highest BCUT2D eigenvalue weighted by atomic mass is 79.9. The number of aldehydes is 2. The average Bonchev–Trinajstić information content (AvgIpc) is 2.57. The third-order valence-corrected chi connectivity index (χ3v) is 2.85. The minimum absolute atomic E-state index is 0.181. The lowest BCUT2D eigenvalue weighted by atomic mass is 10.2. The van der Waals surface area contributed by atoms with Crippen molar-refractivity contribution in [2.24, 2.45) is 0 Å². The molecule has 22 heavy (non-hydrogen) atoms. The zero-order chi connectivity index (χ0) is 16.2. The summed E-state index contributed by atoms with van der Waals surface area (Å²) in [5.74, 6) is 0.941. The zero-order valence-electron chi connectivity index (χ0n) is 11.7. The molecule has 1 N–H and O–H groups in total. The minimum atomic E-state index is 0.181. The van der Waals surface area contributed by atoms with Crippen LogP contribution in [0.15, 0.2) is 59.6 Å². The van der Waals surface area contributed by atoms with Crippen molar-refractivity contribution in [3.8, 4) is 11.5 Å². The van der Waals surface area contributed by atoms with Gasteiger partial charge in [-0.2, -0.15) is 0 Å². The number of phenols is 1. The average molecular weight is 363 g/mol. The molecule has 0 aliphatic carbocycles. The summed E-state index contributed by atoms with van der Waals surface area (Å²) in [6.45, 7) is 0.520. The van der Waals surface area contributed by atoms with Crippen molar-refractivity contribution in [3.63, 3.8) is 0 Å². The van der Waals surface area contributed by atoms with Gasteiger partial charge in [0, 0.05) is 11.1 Å². The van der Waals surface area contributed by atoms with E-state index < -0.39 is 0 Å². The quantitative estimate of drug-likeness (QED) is 0.816. The fourth-order valence-electron chi connectivity index (χ4n) is 1.38. The minimum Gasteiger partial charge on any atom is -0.508 e. The van der Waals surface area contributed by atoms with E-state index in [1.165, 1.54) is 12.1 Å². The summed E-state index contributed by atoms with van der Waals surface area (Å²) in [6, 6.07) is 13.1. The highest BCUT2D eigenvalue weighted by molar-refractivity contribution is 9.11.